The molecule has 0 aromatic heterocycles. The Morgan fingerprint density at radius 2 is 1.81 bits per heavy atom. The van der Waals surface area contributed by atoms with E-state index in [0.717, 1.165) is 5.56 Å². The topological polar surface area (TPSA) is 38.7 Å². The van der Waals surface area contributed by atoms with Crippen LogP contribution in [0.1, 0.15) is 17.2 Å². The Labute approximate surface area is 134 Å². The van der Waals surface area contributed by atoms with E-state index < -0.39 is 6.10 Å². The van der Waals surface area contributed by atoms with Crippen molar-refractivity contribution < 1.29 is 14.6 Å². The quantitative estimate of drug-likeness (QED) is 0.890. The van der Waals surface area contributed by atoms with Gasteiger partial charge in [-0.15, -0.1) is 0 Å². The summed E-state index contributed by atoms with van der Waals surface area (Å²) in [6, 6.07) is 10.5. The summed E-state index contributed by atoms with van der Waals surface area (Å²) in [5.41, 5.74) is 1.47. The molecule has 0 amide bonds. The van der Waals surface area contributed by atoms with Crippen molar-refractivity contribution in [2.75, 3.05) is 14.2 Å². The number of ether oxygens (including phenoxy) is 2. The zero-order valence-electron chi connectivity index (χ0n) is 11.8. The molecule has 0 saturated heterocycles. The summed E-state index contributed by atoms with van der Waals surface area (Å²) in [4.78, 5) is 0. The van der Waals surface area contributed by atoms with Crippen molar-refractivity contribution in [2.45, 2.75) is 12.5 Å². The molecule has 2 aromatic rings. The van der Waals surface area contributed by atoms with Gasteiger partial charge in [0.15, 0.2) is 0 Å². The predicted octanol–water partition coefficient (Wildman–Crippen LogP) is 4.29. The molecule has 2 aromatic carbocycles. The highest BCUT2D eigenvalue weighted by molar-refractivity contribution is 6.35. The van der Waals surface area contributed by atoms with Crippen LogP contribution in [-0.2, 0) is 6.42 Å². The van der Waals surface area contributed by atoms with Crippen LogP contribution in [-0.4, -0.2) is 19.3 Å². The first-order chi connectivity index (χ1) is 10.0. The number of methoxy groups -OCH3 is 2. The van der Waals surface area contributed by atoms with Gasteiger partial charge in [-0.05, 0) is 35.9 Å². The highest BCUT2D eigenvalue weighted by Gasteiger charge is 2.16. The largest absolute Gasteiger partial charge is 0.497 e. The number of hydrogen-bond donors (Lipinski definition) is 1. The molecule has 112 valence electrons. The molecule has 21 heavy (non-hydrogen) atoms. The van der Waals surface area contributed by atoms with Gasteiger partial charge in [0.25, 0.3) is 0 Å². The summed E-state index contributed by atoms with van der Waals surface area (Å²) < 4.78 is 10.5. The molecule has 0 aliphatic heterocycles. The average Bonchev–Trinajstić information content (AvgIpc) is 2.49. The minimum Gasteiger partial charge on any atom is -0.497 e. The monoisotopic (exact) mass is 326 g/mol. The number of rotatable bonds is 5. The van der Waals surface area contributed by atoms with Crippen molar-refractivity contribution >= 4 is 23.2 Å². The Bertz CT molecular complexity index is 629. The second-order valence-electron chi connectivity index (χ2n) is 4.56. The van der Waals surface area contributed by atoms with Gasteiger partial charge in [-0.1, -0.05) is 29.3 Å². The maximum absolute atomic E-state index is 10.5. The molecular formula is C16H16Cl2O3. The SMILES string of the molecule is COc1ccc(OC)c(C(O)Cc2ccc(Cl)cc2Cl)c1. The zero-order valence-corrected chi connectivity index (χ0v) is 13.3. The first-order valence-corrected chi connectivity index (χ1v) is 7.14. The molecule has 5 heteroatoms. The lowest BCUT2D eigenvalue weighted by Gasteiger charge is -2.16. The molecule has 0 heterocycles. The van der Waals surface area contributed by atoms with Crippen LogP contribution in [0.25, 0.3) is 0 Å². The van der Waals surface area contributed by atoms with Crippen LogP contribution in [0.5, 0.6) is 11.5 Å². The van der Waals surface area contributed by atoms with Gasteiger partial charge >= 0.3 is 0 Å². The van der Waals surface area contributed by atoms with Crippen LogP contribution in [0.2, 0.25) is 10.0 Å². The van der Waals surface area contributed by atoms with Crippen molar-refractivity contribution in [3.63, 3.8) is 0 Å². The highest BCUT2D eigenvalue weighted by Crippen LogP contribution is 2.33. The van der Waals surface area contributed by atoms with E-state index in [9.17, 15) is 5.11 Å². The number of aliphatic hydroxyl groups excluding tert-OH is 1. The van der Waals surface area contributed by atoms with Gasteiger partial charge in [0.1, 0.15) is 11.5 Å². The Balaban J connectivity index is 2.28. The van der Waals surface area contributed by atoms with Gasteiger partial charge in [0.05, 0.1) is 20.3 Å². The van der Waals surface area contributed by atoms with E-state index in [-0.39, 0.29) is 0 Å². The van der Waals surface area contributed by atoms with E-state index in [0.29, 0.717) is 33.5 Å². The van der Waals surface area contributed by atoms with Gasteiger partial charge in [-0.3, -0.25) is 0 Å². The Morgan fingerprint density at radius 3 is 2.43 bits per heavy atom. The van der Waals surface area contributed by atoms with E-state index in [2.05, 4.69) is 0 Å². The van der Waals surface area contributed by atoms with Crippen LogP contribution in [0.4, 0.5) is 0 Å². The fourth-order valence-electron chi connectivity index (χ4n) is 2.11. The molecule has 0 aliphatic carbocycles. The lowest BCUT2D eigenvalue weighted by atomic mass is 10.0. The summed E-state index contributed by atoms with van der Waals surface area (Å²) in [5.74, 6) is 1.26. The number of aliphatic hydroxyl groups is 1. The average molecular weight is 327 g/mol. The third kappa shape index (κ3) is 3.82. The van der Waals surface area contributed by atoms with E-state index in [1.165, 1.54) is 0 Å². The Kier molecular flexibility index (Phi) is 5.34. The maximum atomic E-state index is 10.5. The third-order valence-electron chi connectivity index (χ3n) is 3.22. The highest BCUT2D eigenvalue weighted by atomic mass is 35.5. The fraction of sp³-hybridized carbons (Fsp3) is 0.250. The third-order valence-corrected chi connectivity index (χ3v) is 3.81. The van der Waals surface area contributed by atoms with E-state index in [1.807, 2.05) is 0 Å². The van der Waals surface area contributed by atoms with Gasteiger partial charge in [-0.2, -0.15) is 0 Å². The molecule has 3 nitrogen and oxygen atoms in total. The normalized spacial score (nSPS) is 12.0. The van der Waals surface area contributed by atoms with Gasteiger partial charge in [0.2, 0.25) is 0 Å². The first kappa shape index (κ1) is 16.0. The predicted molar refractivity (Wildman–Crippen MR) is 84.7 cm³/mol. The molecular weight excluding hydrogens is 311 g/mol. The zero-order chi connectivity index (χ0) is 15.4. The standard InChI is InChI=1S/C16H16Cl2O3/c1-20-12-5-6-16(21-2)13(9-12)15(19)7-10-3-4-11(17)8-14(10)18/h3-6,8-9,15,19H,7H2,1-2H3. The molecule has 0 aliphatic rings. The lowest BCUT2D eigenvalue weighted by molar-refractivity contribution is 0.173. The van der Waals surface area contributed by atoms with Crippen molar-refractivity contribution in [1.29, 1.82) is 0 Å². The van der Waals surface area contributed by atoms with Crippen molar-refractivity contribution in [3.8, 4) is 11.5 Å². The first-order valence-electron chi connectivity index (χ1n) is 6.39. The van der Waals surface area contributed by atoms with Gasteiger partial charge < -0.3 is 14.6 Å². The number of hydrogen-bond acceptors (Lipinski definition) is 3. The van der Waals surface area contributed by atoms with Crippen LogP contribution in [0.15, 0.2) is 36.4 Å². The molecule has 0 radical (unpaired) electrons. The molecule has 2 rings (SSSR count). The Morgan fingerprint density at radius 1 is 1.05 bits per heavy atom. The van der Waals surface area contributed by atoms with Crippen molar-refractivity contribution in [2.24, 2.45) is 0 Å². The lowest BCUT2D eigenvalue weighted by Crippen LogP contribution is -2.05. The minimum atomic E-state index is -0.756. The minimum absolute atomic E-state index is 0.361. The van der Waals surface area contributed by atoms with Crippen molar-refractivity contribution in [3.05, 3.63) is 57.6 Å². The number of halogens is 2. The van der Waals surface area contributed by atoms with E-state index >= 15 is 0 Å². The summed E-state index contributed by atoms with van der Waals surface area (Å²) in [6.07, 6.45) is -0.395. The van der Waals surface area contributed by atoms with Gasteiger partial charge in [-0.25, -0.2) is 0 Å². The maximum Gasteiger partial charge on any atom is 0.124 e. The summed E-state index contributed by atoms with van der Waals surface area (Å²) in [7, 11) is 3.14. The van der Waals surface area contributed by atoms with Crippen LogP contribution in [0, 0.1) is 0 Å². The van der Waals surface area contributed by atoms with Crippen LogP contribution >= 0.6 is 23.2 Å². The summed E-state index contributed by atoms with van der Waals surface area (Å²) >= 11 is 12.0. The number of benzene rings is 2. The molecule has 1 atom stereocenters. The van der Waals surface area contributed by atoms with Gasteiger partial charge in [0, 0.05) is 22.0 Å². The van der Waals surface area contributed by atoms with E-state index in [4.69, 9.17) is 32.7 Å². The smallest absolute Gasteiger partial charge is 0.124 e. The second-order valence-corrected chi connectivity index (χ2v) is 5.41. The molecule has 0 spiro atoms. The van der Waals surface area contributed by atoms with Crippen LogP contribution in [0.3, 0.4) is 0 Å². The fourth-order valence-corrected chi connectivity index (χ4v) is 2.59. The molecule has 1 unspecified atom stereocenters. The van der Waals surface area contributed by atoms with E-state index in [1.54, 1.807) is 50.6 Å². The summed E-state index contributed by atoms with van der Waals surface area (Å²) in [6.45, 7) is 0. The molecule has 0 fully saturated rings. The van der Waals surface area contributed by atoms with Crippen LogP contribution < -0.4 is 9.47 Å². The molecule has 0 bridgehead atoms. The van der Waals surface area contributed by atoms with Crippen molar-refractivity contribution in [1.82, 2.24) is 0 Å². The molecule has 1 N–H and O–H groups in total. The molecule has 0 saturated carbocycles. The second kappa shape index (κ2) is 7.03. The summed E-state index contributed by atoms with van der Waals surface area (Å²) in [5, 5.41) is 11.6. The Hall–Kier alpha value is -1.42.